The molecule has 0 saturated heterocycles. The molecule has 0 aromatic heterocycles. The molecule has 0 spiro atoms. The Hall–Kier alpha value is -2.14. The predicted octanol–water partition coefficient (Wildman–Crippen LogP) is 5.58. The van der Waals surface area contributed by atoms with E-state index in [0.29, 0.717) is 22.3 Å². The molecule has 2 aromatic rings. The smallest absolute Gasteiger partial charge is 0.187 e. The van der Waals surface area contributed by atoms with E-state index in [0.717, 1.165) is 18.6 Å². The highest BCUT2D eigenvalue weighted by Crippen LogP contribution is 2.23. The first-order valence-corrected chi connectivity index (χ1v) is 8.55. The molecule has 0 fully saturated rings. The zero-order valence-corrected chi connectivity index (χ0v) is 15.0. The number of rotatable bonds is 8. The van der Waals surface area contributed by atoms with Gasteiger partial charge in [-0.1, -0.05) is 13.3 Å². The molecule has 0 heterocycles. The molecule has 0 atom stereocenters. The minimum absolute atomic E-state index is 0.124. The second-order valence-electron chi connectivity index (χ2n) is 5.19. The van der Waals surface area contributed by atoms with Gasteiger partial charge in [-0.25, -0.2) is 4.39 Å². The number of halogens is 2. The van der Waals surface area contributed by atoms with Crippen molar-refractivity contribution in [3.05, 3.63) is 70.6 Å². The van der Waals surface area contributed by atoms with Crippen molar-refractivity contribution in [3.8, 4) is 5.75 Å². The molecule has 0 aliphatic heterocycles. The van der Waals surface area contributed by atoms with Crippen LogP contribution < -0.4 is 10.1 Å². The van der Waals surface area contributed by atoms with Crippen LogP contribution in [0.5, 0.6) is 5.75 Å². The van der Waals surface area contributed by atoms with Crippen molar-refractivity contribution in [3.63, 3.8) is 0 Å². The first-order valence-electron chi connectivity index (χ1n) is 7.75. The van der Waals surface area contributed by atoms with E-state index in [1.54, 1.807) is 30.3 Å². The number of benzene rings is 2. The lowest BCUT2D eigenvalue weighted by Crippen LogP contribution is -1.99. The maximum Gasteiger partial charge on any atom is 0.187 e. The molecule has 0 bridgehead atoms. The number of allylic oxidation sites excluding steroid dienone is 1. The van der Waals surface area contributed by atoms with E-state index in [9.17, 15) is 9.18 Å². The summed E-state index contributed by atoms with van der Waals surface area (Å²) in [5, 5.41) is 2.95. The third-order valence-electron chi connectivity index (χ3n) is 3.31. The molecule has 5 heteroatoms. The molecule has 0 saturated carbocycles. The van der Waals surface area contributed by atoms with E-state index in [1.807, 2.05) is 0 Å². The Kier molecular flexibility index (Phi) is 7.00. The molecular formula is C19H19BrFNO2. The minimum atomic E-state index is -0.325. The van der Waals surface area contributed by atoms with Crippen LogP contribution in [0.1, 0.15) is 30.1 Å². The van der Waals surface area contributed by atoms with Crippen LogP contribution in [0.25, 0.3) is 0 Å². The molecule has 0 aliphatic rings. The van der Waals surface area contributed by atoms with Gasteiger partial charge in [0.1, 0.15) is 11.6 Å². The number of hydrogen-bond donors (Lipinski definition) is 1. The number of unbranched alkanes of at least 4 members (excludes halogenated alkanes) is 1. The third kappa shape index (κ3) is 5.49. The SMILES string of the molecule is CCCCOc1ccc(C(=O)/C=C/Nc2ccc(F)cc2Br)cc1. The lowest BCUT2D eigenvalue weighted by atomic mass is 10.1. The Balaban J connectivity index is 1.91. The largest absolute Gasteiger partial charge is 0.494 e. The van der Waals surface area contributed by atoms with Gasteiger partial charge in [0.2, 0.25) is 0 Å². The number of ether oxygens (including phenoxy) is 1. The summed E-state index contributed by atoms with van der Waals surface area (Å²) < 4.78 is 19.2. The Morgan fingerprint density at radius 1 is 1.25 bits per heavy atom. The van der Waals surface area contributed by atoms with Crippen LogP contribution in [0.3, 0.4) is 0 Å². The normalized spacial score (nSPS) is 10.8. The fraction of sp³-hybridized carbons (Fsp3) is 0.211. The predicted molar refractivity (Wildman–Crippen MR) is 98.0 cm³/mol. The van der Waals surface area contributed by atoms with E-state index in [4.69, 9.17) is 4.74 Å². The topological polar surface area (TPSA) is 38.3 Å². The van der Waals surface area contributed by atoms with E-state index >= 15 is 0 Å². The summed E-state index contributed by atoms with van der Waals surface area (Å²) in [5.74, 6) is 0.312. The number of carbonyl (C=O) groups excluding carboxylic acids is 1. The molecule has 0 amide bonds. The van der Waals surface area contributed by atoms with Crippen molar-refractivity contribution >= 4 is 27.4 Å². The van der Waals surface area contributed by atoms with Gasteiger partial charge < -0.3 is 10.1 Å². The number of nitrogens with one attached hydrogen (secondary N) is 1. The number of hydrogen-bond acceptors (Lipinski definition) is 3. The zero-order chi connectivity index (χ0) is 17.4. The minimum Gasteiger partial charge on any atom is -0.494 e. The molecule has 2 rings (SSSR count). The standard InChI is InChI=1S/C19H19BrFNO2/c1-2-3-12-24-16-7-4-14(5-8-16)19(23)10-11-22-18-9-6-15(21)13-17(18)20/h4-11,13,22H,2-3,12H2,1H3/b11-10+. The summed E-state index contributed by atoms with van der Waals surface area (Å²) in [6, 6.07) is 11.4. The number of carbonyl (C=O) groups is 1. The van der Waals surface area contributed by atoms with Gasteiger partial charge in [0.05, 0.1) is 12.3 Å². The van der Waals surface area contributed by atoms with Crippen LogP contribution in [-0.2, 0) is 0 Å². The molecule has 1 N–H and O–H groups in total. The summed E-state index contributed by atoms with van der Waals surface area (Å²) in [7, 11) is 0. The fourth-order valence-electron chi connectivity index (χ4n) is 1.96. The first kappa shape index (κ1) is 18.2. The summed E-state index contributed by atoms with van der Waals surface area (Å²) in [4.78, 5) is 12.1. The van der Waals surface area contributed by atoms with Crippen molar-refractivity contribution in [2.24, 2.45) is 0 Å². The quantitative estimate of drug-likeness (QED) is 0.362. The van der Waals surface area contributed by atoms with Gasteiger partial charge in [0.15, 0.2) is 5.78 Å². The van der Waals surface area contributed by atoms with Crippen molar-refractivity contribution in [1.82, 2.24) is 0 Å². The van der Waals surface area contributed by atoms with Crippen LogP contribution >= 0.6 is 15.9 Å². The summed E-state index contributed by atoms with van der Waals surface area (Å²) in [5.41, 5.74) is 1.26. The van der Waals surface area contributed by atoms with E-state index < -0.39 is 0 Å². The lowest BCUT2D eigenvalue weighted by Gasteiger charge is -2.05. The highest BCUT2D eigenvalue weighted by Gasteiger charge is 2.03. The first-order chi connectivity index (χ1) is 11.6. The van der Waals surface area contributed by atoms with E-state index in [1.165, 1.54) is 24.4 Å². The number of anilines is 1. The zero-order valence-electron chi connectivity index (χ0n) is 13.4. The molecular weight excluding hydrogens is 373 g/mol. The average Bonchev–Trinajstić information content (AvgIpc) is 2.57. The number of ketones is 1. The second kappa shape index (κ2) is 9.23. The molecule has 2 aromatic carbocycles. The van der Waals surface area contributed by atoms with Crippen LogP contribution in [0.15, 0.2) is 59.2 Å². The van der Waals surface area contributed by atoms with Gasteiger partial charge in [0, 0.05) is 22.3 Å². The van der Waals surface area contributed by atoms with Crippen molar-refractivity contribution in [2.45, 2.75) is 19.8 Å². The van der Waals surface area contributed by atoms with Crippen LogP contribution in [0.4, 0.5) is 10.1 Å². The highest BCUT2D eigenvalue weighted by molar-refractivity contribution is 9.10. The van der Waals surface area contributed by atoms with Gasteiger partial charge in [0.25, 0.3) is 0 Å². The molecule has 0 unspecified atom stereocenters. The Morgan fingerprint density at radius 3 is 2.67 bits per heavy atom. The lowest BCUT2D eigenvalue weighted by molar-refractivity contribution is 0.104. The van der Waals surface area contributed by atoms with E-state index in [-0.39, 0.29) is 11.6 Å². The van der Waals surface area contributed by atoms with Crippen molar-refractivity contribution in [2.75, 3.05) is 11.9 Å². The summed E-state index contributed by atoms with van der Waals surface area (Å²) in [6.45, 7) is 2.79. The maximum atomic E-state index is 13.0. The molecule has 0 radical (unpaired) electrons. The molecule has 0 aliphatic carbocycles. The Labute approximate surface area is 149 Å². The van der Waals surface area contributed by atoms with Gasteiger partial charge in [-0.05, 0) is 64.8 Å². The average molecular weight is 392 g/mol. The summed E-state index contributed by atoms with van der Waals surface area (Å²) in [6.07, 6.45) is 5.06. The monoisotopic (exact) mass is 391 g/mol. The Bertz CT molecular complexity index is 714. The van der Waals surface area contributed by atoms with Crippen molar-refractivity contribution in [1.29, 1.82) is 0 Å². The Morgan fingerprint density at radius 2 is 2.00 bits per heavy atom. The van der Waals surface area contributed by atoms with Crippen LogP contribution in [-0.4, -0.2) is 12.4 Å². The maximum absolute atomic E-state index is 13.0. The van der Waals surface area contributed by atoms with Gasteiger partial charge in [-0.15, -0.1) is 0 Å². The van der Waals surface area contributed by atoms with Crippen molar-refractivity contribution < 1.29 is 13.9 Å². The highest BCUT2D eigenvalue weighted by atomic mass is 79.9. The third-order valence-corrected chi connectivity index (χ3v) is 3.97. The van der Waals surface area contributed by atoms with Crippen LogP contribution in [0, 0.1) is 5.82 Å². The van der Waals surface area contributed by atoms with Gasteiger partial charge >= 0.3 is 0 Å². The van der Waals surface area contributed by atoms with Gasteiger partial charge in [-0.2, -0.15) is 0 Å². The van der Waals surface area contributed by atoms with E-state index in [2.05, 4.69) is 28.2 Å². The molecule has 126 valence electrons. The van der Waals surface area contributed by atoms with Gasteiger partial charge in [-0.3, -0.25) is 4.79 Å². The fourth-order valence-corrected chi connectivity index (χ4v) is 2.42. The van der Waals surface area contributed by atoms with Crippen LogP contribution in [0.2, 0.25) is 0 Å². The molecule has 3 nitrogen and oxygen atoms in total. The molecule has 24 heavy (non-hydrogen) atoms. The summed E-state index contributed by atoms with van der Waals surface area (Å²) >= 11 is 3.26. The second-order valence-corrected chi connectivity index (χ2v) is 6.05.